The first-order valence-electron chi connectivity index (χ1n) is 3.58. The van der Waals surface area contributed by atoms with E-state index < -0.39 is 0 Å². The zero-order valence-electron chi connectivity index (χ0n) is 7.38. The van der Waals surface area contributed by atoms with Crippen LogP contribution in [0.4, 0.5) is 0 Å². The summed E-state index contributed by atoms with van der Waals surface area (Å²) in [6.45, 7) is 2.32. The van der Waals surface area contributed by atoms with Crippen molar-refractivity contribution in [1.82, 2.24) is 10.3 Å². The SMILES string of the molecule is CN(C)CCO.NCCNN. The third-order valence-corrected chi connectivity index (χ3v) is 0.836. The highest BCUT2D eigenvalue weighted by Crippen LogP contribution is 1.66. The Bertz CT molecular complexity index is 58.5. The number of likely N-dealkylation sites (N-methyl/N-ethyl adjacent to an activating group) is 1. The normalized spacial score (nSPS) is 9.27. The van der Waals surface area contributed by atoms with Crippen molar-refractivity contribution >= 4 is 0 Å². The number of aliphatic hydroxyl groups excluding tert-OH is 1. The molecular weight excluding hydrogens is 144 g/mol. The summed E-state index contributed by atoms with van der Waals surface area (Å²) in [5.74, 6) is 4.81. The van der Waals surface area contributed by atoms with Crippen molar-refractivity contribution in [2.45, 2.75) is 0 Å². The highest BCUT2D eigenvalue weighted by Gasteiger charge is 1.80. The van der Waals surface area contributed by atoms with Crippen LogP contribution in [0.5, 0.6) is 0 Å². The fraction of sp³-hybridized carbons (Fsp3) is 1.00. The molecule has 6 N–H and O–H groups in total. The third kappa shape index (κ3) is 25.9. The summed E-state index contributed by atoms with van der Waals surface area (Å²) < 4.78 is 0. The molecule has 0 rings (SSSR count). The molecule has 0 aliphatic carbocycles. The predicted molar refractivity (Wildman–Crippen MR) is 46.9 cm³/mol. The van der Waals surface area contributed by atoms with Crippen molar-refractivity contribution in [3.8, 4) is 0 Å². The lowest BCUT2D eigenvalue weighted by atomic mass is 10.6. The molecule has 0 saturated heterocycles. The summed E-state index contributed by atoms with van der Waals surface area (Å²) in [6, 6.07) is 0. The van der Waals surface area contributed by atoms with Gasteiger partial charge in [0, 0.05) is 19.6 Å². The molecule has 5 heteroatoms. The van der Waals surface area contributed by atoms with Gasteiger partial charge in [-0.1, -0.05) is 0 Å². The number of hydrogen-bond acceptors (Lipinski definition) is 5. The maximum absolute atomic E-state index is 8.20. The molecule has 0 bridgehead atoms. The van der Waals surface area contributed by atoms with Gasteiger partial charge in [0.25, 0.3) is 0 Å². The molecular formula is C6H20N4O. The lowest BCUT2D eigenvalue weighted by Crippen LogP contribution is -2.28. The molecule has 0 aromatic heterocycles. The zero-order chi connectivity index (χ0) is 9.11. The average Bonchev–Trinajstić information content (AvgIpc) is 1.90. The van der Waals surface area contributed by atoms with Gasteiger partial charge in [0.1, 0.15) is 0 Å². The fourth-order valence-electron chi connectivity index (χ4n) is 0.283. The van der Waals surface area contributed by atoms with Crippen LogP contribution in [0.3, 0.4) is 0 Å². The molecule has 0 heterocycles. The van der Waals surface area contributed by atoms with Gasteiger partial charge in [0.15, 0.2) is 0 Å². The molecule has 0 fully saturated rings. The van der Waals surface area contributed by atoms with Crippen LogP contribution in [0.15, 0.2) is 0 Å². The second-order valence-corrected chi connectivity index (χ2v) is 2.27. The van der Waals surface area contributed by atoms with E-state index in [0.717, 1.165) is 6.54 Å². The molecule has 0 radical (unpaired) electrons. The topological polar surface area (TPSA) is 87.5 Å². The Morgan fingerprint density at radius 3 is 2.00 bits per heavy atom. The van der Waals surface area contributed by atoms with Gasteiger partial charge in [0.05, 0.1) is 6.61 Å². The first-order valence-corrected chi connectivity index (χ1v) is 3.58. The number of aliphatic hydroxyl groups is 1. The van der Waals surface area contributed by atoms with Gasteiger partial charge in [-0.2, -0.15) is 0 Å². The number of hydrazine groups is 1. The molecule has 0 unspecified atom stereocenters. The number of nitrogens with two attached hydrogens (primary N) is 2. The summed E-state index contributed by atoms with van der Waals surface area (Å²) in [5, 5.41) is 8.20. The van der Waals surface area contributed by atoms with E-state index in [4.69, 9.17) is 16.7 Å². The maximum atomic E-state index is 8.20. The lowest BCUT2D eigenvalue weighted by molar-refractivity contribution is 0.243. The quantitative estimate of drug-likeness (QED) is 0.284. The monoisotopic (exact) mass is 164 g/mol. The highest BCUT2D eigenvalue weighted by molar-refractivity contribution is 4.34. The molecule has 0 aliphatic rings. The largest absolute Gasteiger partial charge is 0.395 e. The molecule has 0 aliphatic heterocycles. The Balaban J connectivity index is 0. The van der Waals surface area contributed by atoms with Crippen LogP contribution in [0, 0.1) is 0 Å². The van der Waals surface area contributed by atoms with Gasteiger partial charge >= 0.3 is 0 Å². The molecule has 5 nitrogen and oxygen atoms in total. The van der Waals surface area contributed by atoms with E-state index >= 15 is 0 Å². The molecule has 0 atom stereocenters. The standard InChI is InChI=1S/C4H11NO.C2H9N3/c1-5(2)3-4-6;3-1-2-5-4/h6H,3-4H2,1-2H3;5H,1-4H2. The van der Waals surface area contributed by atoms with Gasteiger partial charge in [-0.3, -0.25) is 11.3 Å². The molecule has 0 saturated carbocycles. The molecule has 0 aromatic rings. The number of hydrogen-bond donors (Lipinski definition) is 4. The van der Waals surface area contributed by atoms with Crippen molar-refractivity contribution in [2.24, 2.45) is 11.6 Å². The molecule has 0 aromatic carbocycles. The van der Waals surface area contributed by atoms with Gasteiger partial charge < -0.3 is 15.7 Å². The van der Waals surface area contributed by atoms with Crippen molar-refractivity contribution in [2.75, 3.05) is 40.3 Å². The van der Waals surface area contributed by atoms with Crippen LogP contribution in [0.25, 0.3) is 0 Å². The zero-order valence-corrected chi connectivity index (χ0v) is 7.38. The van der Waals surface area contributed by atoms with Crippen LogP contribution >= 0.6 is 0 Å². The minimum atomic E-state index is 0.257. The number of nitrogens with zero attached hydrogens (tertiary/aromatic N) is 1. The van der Waals surface area contributed by atoms with Crippen LogP contribution in [-0.2, 0) is 0 Å². The van der Waals surface area contributed by atoms with E-state index in [2.05, 4.69) is 5.43 Å². The molecule has 70 valence electrons. The van der Waals surface area contributed by atoms with Gasteiger partial charge in [0.2, 0.25) is 0 Å². The lowest BCUT2D eigenvalue weighted by Gasteiger charge is -2.03. The second-order valence-electron chi connectivity index (χ2n) is 2.27. The highest BCUT2D eigenvalue weighted by atomic mass is 16.3. The molecule has 0 amide bonds. The van der Waals surface area contributed by atoms with Crippen molar-refractivity contribution in [3.63, 3.8) is 0 Å². The summed E-state index contributed by atoms with van der Waals surface area (Å²) in [4.78, 5) is 1.93. The average molecular weight is 164 g/mol. The number of rotatable bonds is 4. The van der Waals surface area contributed by atoms with Crippen LogP contribution in [0.2, 0.25) is 0 Å². The first kappa shape index (κ1) is 13.4. The predicted octanol–water partition coefficient (Wildman–Crippen LogP) is -2.05. The minimum absolute atomic E-state index is 0.257. The van der Waals surface area contributed by atoms with Gasteiger partial charge in [-0.25, -0.2) is 0 Å². The maximum Gasteiger partial charge on any atom is 0.0558 e. The van der Waals surface area contributed by atoms with Crippen LogP contribution in [0.1, 0.15) is 0 Å². The second kappa shape index (κ2) is 12.5. The number of nitrogens with one attached hydrogen (secondary N) is 1. The van der Waals surface area contributed by atoms with Crippen molar-refractivity contribution in [1.29, 1.82) is 0 Å². The van der Waals surface area contributed by atoms with Crippen LogP contribution < -0.4 is 17.0 Å². The van der Waals surface area contributed by atoms with Crippen LogP contribution in [-0.4, -0.2) is 50.3 Å². The Hall–Kier alpha value is -0.200. The van der Waals surface area contributed by atoms with Gasteiger partial charge in [-0.15, -0.1) is 0 Å². The van der Waals surface area contributed by atoms with E-state index in [1.807, 2.05) is 19.0 Å². The van der Waals surface area contributed by atoms with E-state index in [1.54, 1.807) is 0 Å². The third-order valence-electron chi connectivity index (χ3n) is 0.836. The fourth-order valence-corrected chi connectivity index (χ4v) is 0.283. The summed E-state index contributed by atoms with van der Waals surface area (Å²) in [6.07, 6.45) is 0. The Morgan fingerprint density at radius 1 is 1.45 bits per heavy atom. The molecule has 11 heavy (non-hydrogen) atoms. The van der Waals surface area contributed by atoms with E-state index in [1.165, 1.54) is 0 Å². The van der Waals surface area contributed by atoms with Gasteiger partial charge in [-0.05, 0) is 14.1 Å². The van der Waals surface area contributed by atoms with E-state index in [9.17, 15) is 0 Å². The smallest absolute Gasteiger partial charge is 0.0558 e. The summed E-state index contributed by atoms with van der Waals surface area (Å²) in [7, 11) is 3.85. The first-order chi connectivity index (χ1) is 5.18. The Kier molecular flexibility index (Phi) is 15.2. The minimum Gasteiger partial charge on any atom is -0.395 e. The summed E-state index contributed by atoms with van der Waals surface area (Å²) in [5.41, 5.74) is 7.39. The molecule has 0 spiro atoms. The van der Waals surface area contributed by atoms with E-state index in [-0.39, 0.29) is 6.61 Å². The van der Waals surface area contributed by atoms with Crippen molar-refractivity contribution < 1.29 is 5.11 Å². The Morgan fingerprint density at radius 2 is 2.00 bits per heavy atom. The van der Waals surface area contributed by atoms with Crippen molar-refractivity contribution in [3.05, 3.63) is 0 Å². The Labute approximate surface area is 68.3 Å². The summed E-state index contributed by atoms with van der Waals surface area (Å²) >= 11 is 0. The van der Waals surface area contributed by atoms with E-state index in [0.29, 0.717) is 13.1 Å².